The van der Waals surface area contributed by atoms with Crippen molar-refractivity contribution in [3.05, 3.63) is 53.9 Å². The molecule has 0 bridgehead atoms. The van der Waals surface area contributed by atoms with E-state index in [1.807, 2.05) is 11.4 Å². The smallest absolute Gasteiger partial charge is 0.142 e. The van der Waals surface area contributed by atoms with Crippen molar-refractivity contribution < 1.29 is 9.50 Å². The van der Waals surface area contributed by atoms with Gasteiger partial charge in [0.15, 0.2) is 0 Å². The number of pyridine rings is 1. The molecule has 0 fully saturated rings. The summed E-state index contributed by atoms with van der Waals surface area (Å²) in [4.78, 5) is 8.24. The van der Waals surface area contributed by atoms with Gasteiger partial charge in [-0.1, -0.05) is 12.1 Å². The van der Waals surface area contributed by atoms with Gasteiger partial charge in [0, 0.05) is 22.7 Å². The summed E-state index contributed by atoms with van der Waals surface area (Å²) in [6.45, 7) is 0. The molecule has 0 amide bonds. The summed E-state index contributed by atoms with van der Waals surface area (Å²) in [5.41, 5.74) is 2.15. The first-order chi connectivity index (χ1) is 9.22. The lowest BCUT2D eigenvalue weighted by molar-refractivity contribution is 0.475. The zero-order valence-corrected chi connectivity index (χ0v) is 10.6. The summed E-state index contributed by atoms with van der Waals surface area (Å²) < 4.78 is 13.1. The van der Waals surface area contributed by atoms with E-state index < -0.39 is 0 Å². The molecule has 0 saturated carbocycles. The Bertz CT molecular complexity index is 667. The van der Waals surface area contributed by atoms with Crippen LogP contribution in [0, 0.1) is 5.82 Å². The second-order valence-corrected chi connectivity index (χ2v) is 4.84. The predicted octanol–water partition coefficient (Wildman–Crippen LogP) is 3.72. The average molecular weight is 272 g/mol. The van der Waals surface area contributed by atoms with Gasteiger partial charge in [-0.05, 0) is 18.2 Å². The van der Waals surface area contributed by atoms with Crippen molar-refractivity contribution in [2.45, 2.75) is 0 Å². The van der Waals surface area contributed by atoms with Crippen LogP contribution < -0.4 is 0 Å². The molecule has 3 nitrogen and oxygen atoms in total. The Kier molecular flexibility index (Phi) is 2.97. The Morgan fingerprint density at radius 3 is 2.79 bits per heavy atom. The molecule has 5 heteroatoms. The first-order valence-corrected chi connectivity index (χ1v) is 6.46. The van der Waals surface area contributed by atoms with E-state index in [0.29, 0.717) is 11.3 Å². The molecule has 3 aromatic rings. The van der Waals surface area contributed by atoms with Gasteiger partial charge < -0.3 is 5.11 Å². The maximum Gasteiger partial charge on any atom is 0.142 e. The quantitative estimate of drug-likeness (QED) is 0.773. The SMILES string of the molecule is Oc1cccc(-c2nc(-c3cncc(F)c3)cs2)c1. The van der Waals surface area contributed by atoms with Crippen molar-refractivity contribution >= 4 is 11.3 Å². The number of benzene rings is 1. The first-order valence-electron chi connectivity index (χ1n) is 5.58. The standard InChI is InChI=1S/C14H9FN2OS/c15-11-4-10(6-16-7-11)13-8-19-14(17-13)9-2-1-3-12(18)5-9/h1-8,18H. The Hall–Kier alpha value is -2.27. The van der Waals surface area contributed by atoms with Crippen LogP contribution in [0.5, 0.6) is 5.75 Å². The van der Waals surface area contributed by atoms with Gasteiger partial charge in [0.05, 0.1) is 11.9 Å². The van der Waals surface area contributed by atoms with E-state index in [0.717, 1.165) is 16.8 Å². The fourth-order valence-corrected chi connectivity index (χ4v) is 2.56. The third-order valence-electron chi connectivity index (χ3n) is 2.60. The number of thiazole rings is 1. The van der Waals surface area contributed by atoms with E-state index in [-0.39, 0.29) is 11.6 Å². The minimum absolute atomic E-state index is 0.196. The summed E-state index contributed by atoms with van der Waals surface area (Å²) in [7, 11) is 0. The molecule has 2 heterocycles. The van der Waals surface area contributed by atoms with Crippen LogP contribution in [0.4, 0.5) is 4.39 Å². The van der Waals surface area contributed by atoms with Crippen LogP contribution in [0.2, 0.25) is 0 Å². The minimum atomic E-state index is -0.385. The zero-order valence-electron chi connectivity index (χ0n) is 9.75. The van der Waals surface area contributed by atoms with Crippen molar-refractivity contribution in [1.82, 2.24) is 9.97 Å². The monoisotopic (exact) mass is 272 g/mol. The molecule has 0 aliphatic heterocycles. The second-order valence-electron chi connectivity index (χ2n) is 3.98. The van der Waals surface area contributed by atoms with Crippen LogP contribution in [0.15, 0.2) is 48.1 Å². The molecule has 0 aliphatic rings. The first kappa shape index (κ1) is 11.8. The molecule has 0 saturated heterocycles. The molecule has 0 spiro atoms. The minimum Gasteiger partial charge on any atom is -0.508 e. The summed E-state index contributed by atoms with van der Waals surface area (Å²) in [6.07, 6.45) is 2.73. The highest BCUT2D eigenvalue weighted by atomic mass is 32.1. The van der Waals surface area contributed by atoms with Gasteiger partial charge >= 0.3 is 0 Å². The van der Waals surface area contributed by atoms with E-state index in [1.54, 1.807) is 24.4 Å². The van der Waals surface area contributed by atoms with Crippen molar-refractivity contribution in [3.63, 3.8) is 0 Å². The van der Waals surface area contributed by atoms with Crippen molar-refractivity contribution in [3.8, 4) is 27.6 Å². The van der Waals surface area contributed by atoms with Crippen LogP contribution in [0.1, 0.15) is 0 Å². The number of rotatable bonds is 2. The predicted molar refractivity (Wildman–Crippen MR) is 72.4 cm³/mol. The Balaban J connectivity index is 2.00. The molecule has 1 aromatic carbocycles. The topological polar surface area (TPSA) is 46.0 Å². The number of hydrogen-bond acceptors (Lipinski definition) is 4. The van der Waals surface area contributed by atoms with Gasteiger partial charge in [0.2, 0.25) is 0 Å². The van der Waals surface area contributed by atoms with E-state index in [1.165, 1.54) is 17.4 Å². The van der Waals surface area contributed by atoms with Crippen molar-refractivity contribution in [1.29, 1.82) is 0 Å². The molecule has 0 unspecified atom stereocenters. The van der Waals surface area contributed by atoms with E-state index >= 15 is 0 Å². The van der Waals surface area contributed by atoms with Crippen LogP contribution in [0.25, 0.3) is 21.8 Å². The number of phenols is 1. The van der Waals surface area contributed by atoms with Crippen molar-refractivity contribution in [2.75, 3.05) is 0 Å². The molecule has 94 valence electrons. The largest absolute Gasteiger partial charge is 0.508 e. The highest BCUT2D eigenvalue weighted by molar-refractivity contribution is 7.13. The van der Waals surface area contributed by atoms with E-state index in [2.05, 4.69) is 9.97 Å². The number of aromatic hydroxyl groups is 1. The lowest BCUT2D eigenvalue weighted by Gasteiger charge is -1.97. The van der Waals surface area contributed by atoms with E-state index in [9.17, 15) is 9.50 Å². The van der Waals surface area contributed by atoms with Crippen molar-refractivity contribution in [2.24, 2.45) is 0 Å². The van der Waals surface area contributed by atoms with Gasteiger partial charge in [-0.3, -0.25) is 4.98 Å². The highest BCUT2D eigenvalue weighted by Crippen LogP contribution is 2.30. The highest BCUT2D eigenvalue weighted by Gasteiger charge is 2.08. The maximum absolute atomic E-state index is 13.1. The summed E-state index contributed by atoms with van der Waals surface area (Å²) in [5.74, 6) is -0.189. The normalized spacial score (nSPS) is 10.6. The molecule has 1 N–H and O–H groups in total. The Morgan fingerprint density at radius 1 is 1.11 bits per heavy atom. The number of hydrogen-bond donors (Lipinski definition) is 1. The molecule has 2 aromatic heterocycles. The second kappa shape index (κ2) is 4.78. The van der Waals surface area contributed by atoms with E-state index in [4.69, 9.17) is 0 Å². The number of aromatic nitrogens is 2. The van der Waals surface area contributed by atoms with Gasteiger partial charge in [0.25, 0.3) is 0 Å². The molecular formula is C14H9FN2OS. The third kappa shape index (κ3) is 2.46. The fourth-order valence-electron chi connectivity index (χ4n) is 1.73. The summed E-state index contributed by atoms with van der Waals surface area (Å²) >= 11 is 1.44. The van der Waals surface area contributed by atoms with Gasteiger partial charge in [-0.15, -0.1) is 11.3 Å². The summed E-state index contributed by atoms with van der Waals surface area (Å²) in [6, 6.07) is 8.27. The molecular weight excluding hydrogens is 263 g/mol. The van der Waals surface area contributed by atoms with Crippen LogP contribution in [-0.4, -0.2) is 15.1 Å². The maximum atomic E-state index is 13.1. The Morgan fingerprint density at radius 2 is 2.00 bits per heavy atom. The molecule has 3 rings (SSSR count). The molecule has 0 radical (unpaired) electrons. The Labute approximate surface area is 113 Å². The fraction of sp³-hybridized carbons (Fsp3) is 0. The van der Waals surface area contributed by atoms with Gasteiger partial charge in [-0.25, -0.2) is 9.37 Å². The van der Waals surface area contributed by atoms with Crippen LogP contribution >= 0.6 is 11.3 Å². The molecule has 0 aliphatic carbocycles. The zero-order chi connectivity index (χ0) is 13.2. The number of nitrogens with zero attached hydrogens (tertiary/aromatic N) is 2. The lowest BCUT2D eigenvalue weighted by Crippen LogP contribution is -1.83. The molecule has 19 heavy (non-hydrogen) atoms. The van der Waals surface area contributed by atoms with Crippen LogP contribution in [0.3, 0.4) is 0 Å². The molecule has 0 atom stereocenters. The third-order valence-corrected chi connectivity index (χ3v) is 3.49. The number of phenolic OH excluding ortho intramolecular Hbond substituents is 1. The lowest BCUT2D eigenvalue weighted by atomic mass is 10.2. The van der Waals surface area contributed by atoms with Gasteiger partial charge in [-0.2, -0.15) is 0 Å². The number of halogens is 1. The van der Waals surface area contributed by atoms with Gasteiger partial charge in [0.1, 0.15) is 16.6 Å². The average Bonchev–Trinajstić information content (AvgIpc) is 2.88. The van der Waals surface area contributed by atoms with Crippen LogP contribution in [-0.2, 0) is 0 Å². The summed E-state index contributed by atoms with van der Waals surface area (Å²) in [5, 5.41) is 12.1.